The van der Waals surface area contributed by atoms with Gasteiger partial charge in [-0.05, 0) is 37.0 Å². The molecule has 0 spiro atoms. The second-order valence-corrected chi connectivity index (χ2v) is 18.3. The summed E-state index contributed by atoms with van der Waals surface area (Å²) in [5, 5.41) is 10.3. The maximum atomic E-state index is 13.1. The van der Waals surface area contributed by atoms with Crippen LogP contribution in [0.4, 0.5) is 0 Å². The molecule has 1 fully saturated rings. The fourth-order valence-corrected chi connectivity index (χ4v) is 7.69. The van der Waals surface area contributed by atoms with Crippen molar-refractivity contribution in [3.63, 3.8) is 0 Å². The Morgan fingerprint density at radius 1 is 0.482 bits per heavy atom. The first-order valence-corrected chi connectivity index (χ1v) is 23.8. The third kappa shape index (κ3) is 29.5. The lowest BCUT2D eigenvalue weighted by Crippen LogP contribution is -2.46. The van der Waals surface area contributed by atoms with Gasteiger partial charge in [-0.3, -0.25) is 14.4 Å². The number of carbonyl (C=O) groups is 3. The van der Waals surface area contributed by atoms with Crippen LogP contribution < -0.4 is 0 Å². The highest BCUT2D eigenvalue weighted by Gasteiger charge is 2.47. The predicted molar refractivity (Wildman–Crippen MR) is 229 cm³/mol. The molecule has 0 bridgehead atoms. The van der Waals surface area contributed by atoms with Crippen LogP contribution in [0.25, 0.3) is 0 Å². The van der Waals surface area contributed by atoms with E-state index in [1.165, 1.54) is 116 Å². The van der Waals surface area contributed by atoms with Crippen molar-refractivity contribution in [1.82, 2.24) is 0 Å². The first kappa shape index (κ1) is 52.3. The van der Waals surface area contributed by atoms with Gasteiger partial charge in [0.1, 0.15) is 6.10 Å². The van der Waals surface area contributed by atoms with Crippen LogP contribution in [0.15, 0.2) is 0 Å². The minimum atomic E-state index is -1.01. The largest absolute Gasteiger partial charge is 0.457 e. The van der Waals surface area contributed by atoms with Crippen LogP contribution in [0.2, 0.25) is 0 Å². The number of rotatable bonds is 38. The van der Waals surface area contributed by atoms with Gasteiger partial charge in [0, 0.05) is 19.3 Å². The van der Waals surface area contributed by atoms with Crippen LogP contribution in [0.1, 0.15) is 234 Å². The number of aliphatic hydroxyl groups excluding tert-OH is 1. The number of hydrogen-bond donors (Lipinski definition) is 1. The van der Waals surface area contributed by atoms with Crippen LogP contribution in [0, 0.1) is 17.8 Å². The van der Waals surface area contributed by atoms with Gasteiger partial charge in [-0.2, -0.15) is 0 Å². The lowest BCUT2D eigenvalue weighted by atomic mass is 10.0. The summed E-state index contributed by atoms with van der Waals surface area (Å²) in [5.41, 5.74) is 0. The Balaban J connectivity index is 2.56. The number of ether oxygens (including phenoxy) is 4. The molecule has 8 nitrogen and oxygen atoms in total. The molecule has 1 saturated heterocycles. The van der Waals surface area contributed by atoms with Gasteiger partial charge in [-0.15, -0.1) is 0 Å². The summed E-state index contributed by atoms with van der Waals surface area (Å²) in [5.74, 6) is 1.20. The minimum Gasteiger partial charge on any atom is -0.457 e. The number of esters is 3. The van der Waals surface area contributed by atoms with E-state index < -0.39 is 37.0 Å². The normalized spacial score (nSPS) is 17.6. The smallest absolute Gasteiger partial charge is 0.306 e. The maximum Gasteiger partial charge on any atom is 0.306 e. The molecule has 0 saturated carbocycles. The van der Waals surface area contributed by atoms with Gasteiger partial charge in [0.05, 0.1) is 13.2 Å². The Bertz CT molecular complexity index is 949. The van der Waals surface area contributed by atoms with E-state index in [1.54, 1.807) is 0 Å². The molecule has 4 atom stereocenters. The van der Waals surface area contributed by atoms with Crippen LogP contribution in [-0.4, -0.2) is 60.6 Å². The standard InChI is InChI=1S/C48H90O8/c1-39(2)31-25-19-13-7-10-16-22-28-34-44(50)54-42(37-49)47-48(56-46(52)36-30-24-18-12-9-15-21-27-33-41(5)6)43(38-53-47)55-45(51)35-29-23-17-11-8-14-20-26-32-40(3)4/h39-43,47-49H,7-38H2,1-6H3/t42-,43+,47-,48-/m1/s1. The van der Waals surface area contributed by atoms with Gasteiger partial charge in [0.15, 0.2) is 18.3 Å². The van der Waals surface area contributed by atoms with Crippen molar-refractivity contribution in [2.45, 2.75) is 259 Å². The first-order chi connectivity index (χ1) is 27.0. The van der Waals surface area contributed by atoms with Crippen LogP contribution in [0.5, 0.6) is 0 Å². The van der Waals surface area contributed by atoms with Crippen molar-refractivity contribution in [3.05, 3.63) is 0 Å². The van der Waals surface area contributed by atoms with Gasteiger partial charge in [-0.1, -0.05) is 196 Å². The molecule has 0 aromatic rings. The Morgan fingerprint density at radius 2 is 0.804 bits per heavy atom. The van der Waals surface area contributed by atoms with Gasteiger partial charge in [0.2, 0.25) is 0 Å². The highest BCUT2D eigenvalue weighted by molar-refractivity contribution is 5.71. The molecule has 0 aliphatic carbocycles. The van der Waals surface area contributed by atoms with Gasteiger partial charge in [-0.25, -0.2) is 0 Å². The summed E-state index contributed by atoms with van der Waals surface area (Å²) < 4.78 is 23.5. The summed E-state index contributed by atoms with van der Waals surface area (Å²) >= 11 is 0. The minimum absolute atomic E-state index is 0.0217. The van der Waals surface area contributed by atoms with E-state index in [2.05, 4.69) is 41.5 Å². The van der Waals surface area contributed by atoms with Crippen LogP contribution >= 0.6 is 0 Å². The molecule has 0 aromatic heterocycles. The monoisotopic (exact) mass is 795 g/mol. The molecular weight excluding hydrogens is 705 g/mol. The third-order valence-electron chi connectivity index (χ3n) is 11.3. The Labute approximate surface area is 345 Å². The third-order valence-corrected chi connectivity index (χ3v) is 11.3. The van der Waals surface area contributed by atoms with Crippen LogP contribution in [0.3, 0.4) is 0 Å². The maximum absolute atomic E-state index is 13.1. The number of carbonyl (C=O) groups excluding carboxylic acids is 3. The molecule has 1 heterocycles. The first-order valence-electron chi connectivity index (χ1n) is 23.8. The van der Waals surface area contributed by atoms with E-state index in [-0.39, 0.29) is 31.4 Å². The molecule has 330 valence electrons. The summed E-state index contributed by atoms with van der Waals surface area (Å²) in [7, 11) is 0. The summed E-state index contributed by atoms with van der Waals surface area (Å²) in [6.07, 6.45) is 28.3. The molecule has 0 unspecified atom stereocenters. The van der Waals surface area contributed by atoms with Crippen molar-refractivity contribution in [2.75, 3.05) is 13.2 Å². The molecule has 56 heavy (non-hydrogen) atoms. The van der Waals surface area contributed by atoms with E-state index in [9.17, 15) is 19.5 Å². The molecular formula is C48H90O8. The summed E-state index contributed by atoms with van der Waals surface area (Å²) in [6, 6.07) is 0. The fraction of sp³-hybridized carbons (Fsp3) is 0.938. The Morgan fingerprint density at radius 3 is 1.16 bits per heavy atom. The average Bonchev–Trinajstić information content (AvgIpc) is 3.53. The van der Waals surface area contributed by atoms with Crippen molar-refractivity contribution in [2.24, 2.45) is 17.8 Å². The lowest BCUT2D eigenvalue weighted by molar-refractivity contribution is -0.175. The molecule has 0 radical (unpaired) electrons. The van der Waals surface area contributed by atoms with Gasteiger partial charge in [0.25, 0.3) is 0 Å². The summed E-state index contributed by atoms with van der Waals surface area (Å²) in [4.78, 5) is 38.9. The van der Waals surface area contributed by atoms with E-state index in [1.807, 2.05) is 0 Å². The zero-order valence-corrected chi connectivity index (χ0v) is 37.5. The number of unbranched alkanes of at least 4 members (excludes halogenated alkanes) is 21. The zero-order valence-electron chi connectivity index (χ0n) is 37.5. The van der Waals surface area contributed by atoms with E-state index in [0.717, 1.165) is 75.5 Å². The lowest BCUT2D eigenvalue weighted by Gasteiger charge is -2.28. The van der Waals surface area contributed by atoms with E-state index in [0.29, 0.717) is 6.42 Å². The predicted octanol–water partition coefficient (Wildman–Crippen LogP) is 12.8. The molecule has 1 N–H and O–H groups in total. The molecule has 1 rings (SSSR count). The fourth-order valence-electron chi connectivity index (χ4n) is 7.69. The van der Waals surface area contributed by atoms with Gasteiger partial charge < -0.3 is 24.1 Å². The van der Waals surface area contributed by atoms with Crippen molar-refractivity contribution >= 4 is 17.9 Å². The molecule has 0 aromatic carbocycles. The number of hydrogen-bond acceptors (Lipinski definition) is 8. The molecule has 8 heteroatoms. The van der Waals surface area contributed by atoms with Crippen molar-refractivity contribution in [1.29, 1.82) is 0 Å². The SMILES string of the molecule is CC(C)CCCCCCCCCCC(=O)O[C@H]1[C@@H]([C@@H](CO)OC(=O)CCCCCCCCCCC(C)C)OC[C@@H]1OC(=O)CCCCCCCCCCC(C)C. The topological polar surface area (TPSA) is 108 Å². The van der Waals surface area contributed by atoms with E-state index in [4.69, 9.17) is 18.9 Å². The van der Waals surface area contributed by atoms with Crippen molar-refractivity contribution < 1.29 is 38.4 Å². The highest BCUT2D eigenvalue weighted by Crippen LogP contribution is 2.27. The molecule has 1 aliphatic rings. The highest BCUT2D eigenvalue weighted by atomic mass is 16.6. The summed E-state index contributed by atoms with van der Waals surface area (Å²) in [6.45, 7) is 13.2. The zero-order chi connectivity index (χ0) is 41.2. The molecule has 0 amide bonds. The Kier molecular flexibility index (Phi) is 33.0. The van der Waals surface area contributed by atoms with Gasteiger partial charge >= 0.3 is 17.9 Å². The van der Waals surface area contributed by atoms with Crippen molar-refractivity contribution in [3.8, 4) is 0 Å². The Hall–Kier alpha value is -1.67. The average molecular weight is 795 g/mol. The number of aliphatic hydroxyl groups is 1. The quantitative estimate of drug-likeness (QED) is 0.0374. The van der Waals surface area contributed by atoms with E-state index >= 15 is 0 Å². The second-order valence-electron chi connectivity index (χ2n) is 18.3. The second kappa shape index (κ2) is 35.3. The van der Waals surface area contributed by atoms with Crippen LogP contribution in [-0.2, 0) is 33.3 Å². The molecule has 1 aliphatic heterocycles.